The van der Waals surface area contributed by atoms with E-state index in [1.165, 1.54) is 0 Å². The molecule has 0 spiro atoms. The lowest BCUT2D eigenvalue weighted by atomic mass is 9.94. The number of hydrogen-bond acceptors (Lipinski definition) is 4. The Balaban J connectivity index is 1.53. The number of rotatable bonds is 12. The van der Waals surface area contributed by atoms with Gasteiger partial charge in [-0.2, -0.15) is 0 Å². The maximum atomic E-state index is 13.8. The van der Waals surface area contributed by atoms with Crippen LogP contribution in [0.15, 0.2) is 79.0 Å². The summed E-state index contributed by atoms with van der Waals surface area (Å²) in [6.45, 7) is 2.48. The van der Waals surface area contributed by atoms with Gasteiger partial charge in [0.15, 0.2) is 11.5 Å². The van der Waals surface area contributed by atoms with E-state index in [4.69, 9.17) is 9.47 Å². The van der Waals surface area contributed by atoms with Gasteiger partial charge in [-0.3, -0.25) is 9.59 Å². The normalized spacial score (nSPS) is 12.5. The number of benzene rings is 3. The fourth-order valence-corrected chi connectivity index (χ4v) is 4.96. The average molecular weight is 528 g/mol. The first-order valence-corrected chi connectivity index (χ1v) is 13.3. The molecule has 0 radical (unpaired) electrons. The number of likely N-dealkylation sites (N-methyl/N-ethyl adjacent to an activating group) is 1. The first-order valence-electron chi connectivity index (χ1n) is 13.3. The van der Waals surface area contributed by atoms with Crippen LogP contribution < -0.4 is 14.8 Å². The highest BCUT2D eigenvalue weighted by atomic mass is 16.5. The number of carbonyl (C=O) groups excluding carboxylic acids is 2. The van der Waals surface area contributed by atoms with Gasteiger partial charge in [0, 0.05) is 37.1 Å². The number of methoxy groups -OCH3 is 2. The molecule has 3 aromatic carbocycles. The van der Waals surface area contributed by atoms with Gasteiger partial charge in [0.2, 0.25) is 11.8 Å². The van der Waals surface area contributed by atoms with Gasteiger partial charge in [-0.05, 0) is 47.7 Å². The van der Waals surface area contributed by atoms with Crippen LogP contribution in [0.1, 0.15) is 36.0 Å². The maximum Gasteiger partial charge on any atom is 0.245 e. The first kappa shape index (κ1) is 27.8. The third-order valence-corrected chi connectivity index (χ3v) is 7.20. The quantitative estimate of drug-likeness (QED) is 0.268. The molecular weight excluding hydrogens is 490 g/mol. The van der Waals surface area contributed by atoms with Gasteiger partial charge >= 0.3 is 0 Å². The van der Waals surface area contributed by atoms with Crippen LogP contribution in [0.3, 0.4) is 0 Å². The first-order chi connectivity index (χ1) is 18.9. The number of para-hydroxylation sites is 1. The van der Waals surface area contributed by atoms with Crippen LogP contribution in [-0.4, -0.2) is 55.6 Å². The van der Waals surface area contributed by atoms with Crippen molar-refractivity contribution >= 4 is 22.7 Å². The summed E-state index contributed by atoms with van der Waals surface area (Å²) in [6, 6.07) is 22.8. The van der Waals surface area contributed by atoms with E-state index in [9.17, 15) is 9.59 Å². The lowest BCUT2D eigenvalue weighted by Gasteiger charge is -2.26. The molecule has 7 heteroatoms. The Bertz CT molecular complexity index is 1400. The van der Waals surface area contributed by atoms with E-state index in [1.807, 2.05) is 85.9 Å². The van der Waals surface area contributed by atoms with Crippen LogP contribution in [0.25, 0.3) is 10.9 Å². The molecule has 2 amide bonds. The topological polar surface area (TPSA) is 83.7 Å². The van der Waals surface area contributed by atoms with E-state index < -0.39 is 6.04 Å². The summed E-state index contributed by atoms with van der Waals surface area (Å²) in [5, 5.41) is 4.15. The molecule has 2 atom stereocenters. The smallest absolute Gasteiger partial charge is 0.245 e. The number of aromatic amines is 1. The van der Waals surface area contributed by atoms with Crippen molar-refractivity contribution in [2.45, 2.75) is 38.1 Å². The molecule has 39 heavy (non-hydrogen) atoms. The zero-order valence-electron chi connectivity index (χ0n) is 23.1. The van der Waals surface area contributed by atoms with Gasteiger partial charge in [0.05, 0.1) is 20.1 Å². The summed E-state index contributed by atoms with van der Waals surface area (Å²) in [5.41, 5.74) is 3.96. The summed E-state index contributed by atoms with van der Waals surface area (Å²) < 4.78 is 10.8. The minimum atomic E-state index is -0.704. The fourth-order valence-electron chi connectivity index (χ4n) is 4.96. The second-order valence-corrected chi connectivity index (χ2v) is 9.70. The largest absolute Gasteiger partial charge is 0.493 e. The van der Waals surface area contributed by atoms with E-state index >= 15 is 0 Å². The van der Waals surface area contributed by atoms with Crippen molar-refractivity contribution in [3.63, 3.8) is 0 Å². The summed E-state index contributed by atoms with van der Waals surface area (Å²) in [7, 11) is 4.99. The van der Waals surface area contributed by atoms with Crippen molar-refractivity contribution in [1.29, 1.82) is 0 Å². The number of nitrogens with one attached hydrogen (secondary N) is 2. The van der Waals surface area contributed by atoms with Gasteiger partial charge in [0.25, 0.3) is 0 Å². The van der Waals surface area contributed by atoms with Crippen LogP contribution in [0, 0.1) is 0 Å². The summed E-state index contributed by atoms with van der Waals surface area (Å²) in [4.78, 5) is 32.3. The molecule has 2 N–H and O–H groups in total. The van der Waals surface area contributed by atoms with Crippen molar-refractivity contribution < 1.29 is 19.1 Å². The predicted molar refractivity (Wildman–Crippen MR) is 154 cm³/mol. The molecule has 0 saturated heterocycles. The van der Waals surface area contributed by atoms with Crippen LogP contribution in [-0.2, 0) is 22.4 Å². The van der Waals surface area contributed by atoms with Gasteiger partial charge in [-0.25, -0.2) is 0 Å². The van der Waals surface area contributed by atoms with Crippen molar-refractivity contribution in [3.8, 4) is 11.5 Å². The second kappa shape index (κ2) is 13.0. The highest BCUT2D eigenvalue weighted by Gasteiger charge is 2.28. The fraction of sp³-hybridized carbons (Fsp3) is 0.312. The molecule has 0 saturated carbocycles. The van der Waals surface area contributed by atoms with Gasteiger partial charge in [0.1, 0.15) is 6.04 Å². The molecular formula is C32H37N3O4. The van der Waals surface area contributed by atoms with Gasteiger partial charge < -0.3 is 24.7 Å². The van der Waals surface area contributed by atoms with Crippen molar-refractivity contribution in [1.82, 2.24) is 15.2 Å². The van der Waals surface area contributed by atoms with E-state index in [2.05, 4.69) is 10.3 Å². The number of nitrogens with zero attached hydrogens (tertiary/aromatic N) is 1. The minimum Gasteiger partial charge on any atom is -0.493 e. The molecule has 2 unspecified atom stereocenters. The zero-order valence-corrected chi connectivity index (χ0v) is 23.1. The number of aromatic nitrogens is 1. The molecule has 0 fully saturated rings. The maximum absolute atomic E-state index is 13.8. The van der Waals surface area contributed by atoms with Crippen LogP contribution >= 0.6 is 0 Å². The third kappa shape index (κ3) is 6.60. The molecule has 1 aromatic heterocycles. The lowest BCUT2D eigenvalue weighted by molar-refractivity contribution is -0.135. The van der Waals surface area contributed by atoms with Gasteiger partial charge in [-0.1, -0.05) is 61.5 Å². The molecule has 0 aliphatic heterocycles. The molecule has 0 aliphatic carbocycles. The van der Waals surface area contributed by atoms with E-state index in [0.29, 0.717) is 37.3 Å². The Hall–Kier alpha value is -4.26. The zero-order chi connectivity index (χ0) is 27.8. The third-order valence-electron chi connectivity index (χ3n) is 7.20. The van der Waals surface area contributed by atoms with E-state index in [1.54, 1.807) is 26.2 Å². The second-order valence-electron chi connectivity index (χ2n) is 9.70. The number of carbonyl (C=O) groups is 2. The van der Waals surface area contributed by atoms with Crippen molar-refractivity contribution in [3.05, 3.63) is 95.7 Å². The standard InChI is InChI=1S/C32H37N3O4/c1-5-25(23-11-7-6-8-12-23)31(36)34-28(20-24-21-33-27-14-10-9-13-26(24)27)32(37)35(2)18-17-22-15-16-29(38-3)30(19-22)39-4/h6-16,19,21,25,28,33H,5,17-18,20H2,1-4H3,(H,34,36). The highest BCUT2D eigenvalue weighted by molar-refractivity contribution is 5.91. The minimum absolute atomic E-state index is 0.128. The Morgan fingerprint density at radius 3 is 2.38 bits per heavy atom. The lowest BCUT2D eigenvalue weighted by Crippen LogP contribution is -2.50. The SMILES string of the molecule is CCC(C(=O)NC(Cc1c[nH]c2ccccc12)C(=O)N(C)CCc1ccc(OC)c(OC)c1)c1ccccc1. The van der Waals surface area contributed by atoms with Crippen LogP contribution in [0.4, 0.5) is 0 Å². The predicted octanol–water partition coefficient (Wildman–Crippen LogP) is 5.11. The molecule has 0 aliphatic rings. The summed E-state index contributed by atoms with van der Waals surface area (Å²) >= 11 is 0. The molecule has 7 nitrogen and oxygen atoms in total. The van der Waals surface area contributed by atoms with Gasteiger partial charge in [-0.15, -0.1) is 0 Å². The van der Waals surface area contributed by atoms with Crippen molar-refractivity contribution in [2.24, 2.45) is 0 Å². The van der Waals surface area contributed by atoms with Crippen LogP contribution in [0.2, 0.25) is 0 Å². The number of amides is 2. The Morgan fingerprint density at radius 1 is 0.949 bits per heavy atom. The average Bonchev–Trinajstić information content (AvgIpc) is 3.38. The number of fused-ring (bicyclic) bond motifs is 1. The Labute approximate surface area is 230 Å². The van der Waals surface area contributed by atoms with Crippen molar-refractivity contribution in [2.75, 3.05) is 27.8 Å². The monoisotopic (exact) mass is 527 g/mol. The number of hydrogen-bond donors (Lipinski definition) is 2. The van der Waals surface area contributed by atoms with Crippen LogP contribution in [0.5, 0.6) is 11.5 Å². The molecule has 204 valence electrons. The molecule has 0 bridgehead atoms. The van der Waals surface area contributed by atoms with E-state index in [0.717, 1.165) is 27.6 Å². The molecule has 1 heterocycles. The molecule has 4 aromatic rings. The number of H-pyrrole nitrogens is 1. The van der Waals surface area contributed by atoms with E-state index in [-0.39, 0.29) is 17.7 Å². The number of ether oxygens (including phenoxy) is 2. The Kier molecular flexibility index (Phi) is 9.26. The molecule has 4 rings (SSSR count). The highest BCUT2D eigenvalue weighted by Crippen LogP contribution is 2.28. The summed E-state index contributed by atoms with van der Waals surface area (Å²) in [6.07, 6.45) is 3.59. The Morgan fingerprint density at radius 2 is 1.67 bits per heavy atom. The summed E-state index contributed by atoms with van der Waals surface area (Å²) in [5.74, 6) is 0.713.